The SMILES string of the molecule is O=C(NCCCC1CCOCC1)c1ccncc1. The second-order valence-electron chi connectivity index (χ2n) is 4.69. The first kappa shape index (κ1) is 13.0. The number of rotatable bonds is 5. The molecule has 1 aliphatic rings. The zero-order chi connectivity index (χ0) is 12.6. The van der Waals surface area contributed by atoms with Crippen LogP contribution in [-0.4, -0.2) is 30.6 Å². The van der Waals surface area contributed by atoms with E-state index in [1.807, 2.05) is 0 Å². The van der Waals surface area contributed by atoms with Gasteiger partial charge in [-0.15, -0.1) is 0 Å². The Kier molecular flexibility index (Phi) is 5.15. The average molecular weight is 248 g/mol. The van der Waals surface area contributed by atoms with Gasteiger partial charge in [-0.25, -0.2) is 0 Å². The Bertz CT molecular complexity index is 361. The van der Waals surface area contributed by atoms with E-state index in [9.17, 15) is 4.79 Å². The van der Waals surface area contributed by atoms with Crippen LogP contribution in [0.2, 0.25) is 0 Å². The molecule has 18 heavy (non-hydrogen) atoms. The minimum absolute atomic E-state index is 0.00984. The third kappa shape index (κ3) is 4.11. The molecule has 0 unspecified atom stereocenters. The van der Waals surface area contributed by atoms with Crippen molar-refractivity contribution in [3.05, 3.63) is 30.1 Å². The van der Waals surface area contributed by atoms with E-state index in [2.05, 4.69) is 10.3 Å². The molecule has 1 fully saturated rings. The molecule has 2 heterocycles. The molecule has 0 spiro atoms. The van der Waals surface area contributed by atoms with Crippen LogP contribution >= 0.6 is 0 Å². The lowest BCUT2D eigenvalue weighted by Crippen LogP contribution is -2.25. The molecule has 2 rings (SSSR count). The lowest BCUT2D eigenvalue weighted by molar-refractivity contribution is 0.0631. The smallest absolute Gasteiger partial charge is 0.251 e. The number of hydrogen-bond donors (Lipinski definition) is 1. The van der Waals surface area contributed by atoms with Gasteiger partial charge >= 0.3 is 0 Å². The maximum atomic E-state index is 11.7. The molecule has 0 radical (unpaired) electrons. The second kappa shape index (κ2) is 7.11. The number of nitrogens with zero attached hydrogens (tertiary/aromatic N) is 1. The van der Waals surface area contributed by atoms with Crippen LogP contribution in [0.5, 0.6) is 0 Å². The zero-order valence-corrected chi connectivity index (χ0v) is 10.6. The number of amides is 1. The van der Waals surface area contributed by atoms with Crippen LogP contribution in [0.25, 0.3) is 0 Å². The Morgan fingerprint density at radius 1 is 1.33 bits per heavy atom. The third-order valence-electron chi connectivity index (χ3n) is 3.36. The average Bonchev–Trinajstić information content (AvgIpc) is 2.45. The summed E-state index contributed by atoms with van der Waals surface area (Å²) in [6.07, 6.45) is 7.83. The van der Waals surface area contributed by atoms with Crippen molar-refractivity contribution in [3.8, 4) is 0 Å². The van der Waals surface area contributed by atoms with Gasteiger partial charge in [0, 0.05) is 37.7 Å². The second-order valence-corrected chi connectivity index (χ2v) is 4.69. The van der Waals surface area contributed by atoms with Crippen molar-refractivity contribution >= 4 is 5.91 Å². The minimum atomic E-state index is -0.00984. The zero-order valence-electron chi connectivity index (χ0n) is 10.6. The van der Waals surface area contributed by atoms with E-state index in [1.165, 1.54) is 6.42 Å². The Hall–Kier alpha value is -1.42. The first-order valence-electron chi connectivity index (χ1n) is 6.62. The van der Waals surface area contributed by atoms with Crippen LogP contribution in [0.1, 0.15) is 36.0 Å². The summed E-state index contributed by atoms with van der Waals surface area (Å²) in [5, 5.41) is 2.94. The van der Waals surface area contributed by atoms with Gasteiger partial charge in [0.15, 0.2) is 0 Å². The summed E-state index contributed by atoms with van der Waals surface area (Å²) in [4.78, 5) is 15.6. The molecule has 0 saturated carbocycles. The van der Waals surface area contributed by atoms with Gasteiger partial charge < -0.3 is 10.1 Å². The van der Waals surface area contributed by atoms with Gasteiger partial charge in [-0.2, -0.15) is 0 Å². The lowest BCUT2D eigenvalue weighted by Gasteiger charge is -2.21. The fourth-order valence-corrected chi connectivity index (χ4v) is 2.23. The fourth-order valence-electron chi connectivity index (χ4n) is 2.23. The van der Waals surface area contributed by atoms with Crippen LogP contribution in [0.3, 0.4) is 0 Å². The van der Waals surface area contributed by atoms with Crippen molar-refractivity contribution in [1.82, 2.24) is 10.3 Å². The van der Waals surface area contributed by atoms with Gasteiger partial charge in [0.2, 0.25) is 0 Å². The molecule has 1 N–H and O–H groups in total. The third-order valence-corrected chi connectivity index (χ3v) is 3.36. The van der Waals surface area contributed by atoms with Crippen LogP contribution in [0.4, 0.5) is 0 Å². The van der Waals surface area contributed by atoms with Crippen molar-refractivity contribution in [2.45, 2.75) is 25.7 Å². The number of ether oxygens (including phenoxy) is 1. The van der Waals surface area contributed by atoms with Crippen molar-refractivity contribution in [2.75, 3.05) is 19.8 Å². The molecule has 1 saturated heterocycles. The van der Waals surface area contributed by atoms with Crippen molar-refractivity contribution < 1.29 is 9.53 Å². The van der Waals surface area contributed by atoms with Gasteiger partial charge in [-0.3, -0.25) is 9.78 Å². The summed E-state index contributed by atoms with van der Waals surface area (Å²) in [7, 11) is 0. The molecule has 0 aliphatic carbocycles. The molecular formula is C14H20N2O2. The Morgan fingerprint density at radius 3 is 2.78 bits per heavy atom. The largest absolute Gasteiger partial charge is 0.381 e. The predicted molar refractivity (Wildman–Crippen MR) is 69.3 cm³/mol. The maximum absolute atomic E-state index is 11.7. The molecule has 1 aliphatic heterocycles. The Morgan fingerprint density at radius 2 is 2.06 bits per heavy atom. The molecule has 4 nitrogen and oxygen atoms in total. The topological polar surface area (TPSA) is 51.2 Å². The number of nitrogens with one attached hydrogen (secondary N) is 1. The van der Waals surface area contributed by atoms with Gasteiger partial charge in [-0.05, 0) is 43.7 Å². The molecule has 98 valence electrons. The number of hydrogen-bond acceptors (Lipinski definition) is 3. The molecule has 0 bridgehead atoms. The predicted octanol–water partition coefficient (Wildman–Crippen LogP) is 2.02. The van der Waals surface area contributed by atoms with Gasteiger partial charge in [0.05, 0.1) is 0 Å². The Labute approximate surface area is 108 Å². The van der Waals surface area contributed by atoms with Gasteiger partial charge in [-0.1, -0.05) is 0 Å². The van der Waals surface area contributed by atoms with Gasteiger partial charge in [0.1, 0.15) is 0 Å². The fraction of sp³-hybridized carbons (Fsp3) is 0.571. The molecule has 0 aromatic carbocycles. The molecule has 4 heteroatoms. The van der Waals surface area contributed by atoms with Crippen molar-refractivity contribution in [2.24, 2.45) is 5.92 Å². The van der Waals surface area contributed by atoms with Crippen molar-refractivity contribution in [3.63, 3.8) is 0 Å². The highest BCUT2D eigenvalue weighted by molar-refractivity contribution is 5.93. The van der Waals surface area contributed by atoms with Crippen molar-refractivity contribution in [1.29, 1.82) is 0 Å². The quantitative estimate of drug-likeness (QED) is 0.811. The first-order chi connectivity index (χ1) is 8.86. The molecule has 0 atom stereocenters. The number of pyridine rings is 1. The molecule has 1 aromatic heterocycles. The summed E-state index contributed by atoms with van der Waals surface area (Å²) in [6.45, 7) is 2.54. The standard InChI is InChI=1S/C14H20N2O2/c17-14(13-3-8-15-9-4-13)16-7-1-2-12-5-10-18-11-6-12/h3-4,8-9,12H,1-2,5-7,10-11H2,(H,16,17). The van der Waals surface area contributed by atoms with E-state index in [0.29, 0.717) is 5.56 Å². The van der Waals surface area contributed by atoms with Crippen LogP contribution < -0.4 is 5.32 Å². The van der Waals surface area contributed by atoms with E-state index in [-0.39, 0.29) is 5.91 Å². The highest BCUT2D eigenvalue weighted by Crippen LogP contribution is 2.19. The van der Waals surface area contributed by atoms with E-state index < -0.39 is 0 Å². The summed E-state index contributed by atoms with van der Waals surface area (Å²) in [5.41, 5.74) is 0.677. The van der Waals surface area contributed by atoms with Crippen LogP contribution in [0.15, 0.2) is 24.5 Å². The maximum Gasteiger partial charge on any atom is 0.251 e. The van der Waals surface area contributed by atoms with Crippen LogP contribution in [-0.2, 0) is 4.74 Å². The highest BCUT2D eigenvalue weighted by Gasteiger charge is 2.13. The van der Waals surface area contributed by atoms with E-state index in [0.717, 1.165) is 44.9 Å². The lowest BCUT2D eigenvalue weighted by atomic mass is 9.95. The highest BCUT2D eigenvalue weighted by atomic mass is 16.5. The monoisotopic (exact) mass is 248 g/mol. The van der Waals surface area contributed by atoms with Gasteiger partial charge in [0.25, 0.3) is 5.91 Å². The number of aromatic nitrogens is 1. The summed E-state index contributed by atoms with van der Waals surface area (Å²) in [6, 6.07) is 3.46. The summed E-state index contributed by atoms with van der Waals surface area (Å²) in [5.74, 6) is 0.765. The van der Waals surface area contributed by atoms with E-state index >= 15 is 0 Å². The summed E-state index contributed by atoms with van der Waals surface area (Å²) >= 11 is 0. The van der Waals surface area contributed by atoms with E-state index in [1.54, 1.807) is 24.5 Å². The molecule has 1 amide bonds. The Balaban J connectivity index is 1.62. The molecule has 1 aromatic rings. The van der Waals surface area contributed by atoms with Crippen LogP contribution in [0, 0.1) is 5.92 Å². The normalized spacial score (nSPS) is 16.4. The number of carbonyl (C=O) groups is 1. The number of carbonyl (C=O) groups excluding carboxylic acids is 1. The first-order valence-corrected chi connectivity index (χ1v) is 6.62. The van der Waals surface area contributed by atoms with E-state index in [4.69, 9.17) is 4.74 Å². The minimum Gasteiger partial charge on any atom is -0.381 e. The summed E-state index contributed by atoms with van der Waals surface area (Å²) < 4.78 is 5.33. The molecular weight excluding hydrogens is 228 g/mol.